The minimum absolute atomic E-state index is 0.0941. The van der Waals surface area contributed by atoms with Gasteiger partial charge in [0.05, 0.1) is 5.25 Å². The van der Waals surface area contributed by atoms with Crippen molar-refractivity contribution < 1.29 is 4.79 Å². The summed E-state index contributed by atoms with van der Waals surface area (Å²) in [4.78, 5) is 14.2. The number of thioether (sulfide) groups is 1. The fourth-order valence-electron chi connectivity index (χ4n) is 1.76. The summed E-state index contributed by atoms with van der Waals surface area (Å²) in [5, 5.41) is 0.580. The second-order valence-corrected chi connectivity index (χ2v) is 6.14. The van der Waals surface area contributed by atoms with Gasteiger partial charge in [0.15, 0.2) is 0 Å². The van der Waals surface area contributed by atoms with Crippen molar-refractivity contribution in [3.05, 3.63) is 60.2 Å². The molecular formula is C16H20ClNOS. The zero-order chi connectivity index (χ0) is 15.0. The third-order valence-corrected chi connectivity index (χ3v) is 4.29. The molecule has 1 rings (SSSR count). The van der Waals surface area contributed by atoms with Gasteiger partial charge in [0.1, 0.15) is 0 Å². The third kappa shape index (κ3) is 5.06. The van der Waals surface area contributed by atoms with Crippen LogP contribution >= 0.6 is 23.4 Å². The highest BCUT2D eigenvalue weighted by molar-refractivity contribution is 8.00. The first-order valence-corrected chi connectivity index (χ1v) is 7.88. The van der Waals surface area contributed by atoms with Crippen molar-refractivity contribution >= 4 is 29.3 Å². The monoisotopic (exact) mass is 309 g/mol. The number of carbonyl (C=O) groups excluding carboxylic acids is 1. The van der Waals surface area contributed by atoms with Gasteiger partial charge in [0.2, 0.25) is 5.91 Å². The van der Waals surface area contributed by atoms with E-state index in [2.05, 4.69) is 13.2 Å². The third-order valence-electron chi connectivity index (χ3n) is 2.79. The summed E-state index contributed by atoms with van der Waals surface area (Å²) in [7, 11) is 0. The predicted molar refractivity (Wildman–Crippen MR) is 89.2 cm³/mol. The lowest BCUT2D eigenvalue weighted by Gasteiger charge is -2.24. The van der Waals surface area contributed by atoms with Crippen LogP contribution in [-0.2, 0) is 11.3 Å². The molecule has 0 aliphatic heterocycles. The van der Waals surface area contributed by atoms with E-state index in [1.54, 1.807) is 28.8 Å². The van der Waals surface area contributed by atoms with Gasteiger partial charge in [-0.2, -0.15) is 0 Å². The molecule has 20 heavy (non-hydrogen) atoms. The number of nitrogens with zero attached hydrogens (tertiary/aromatic N) is 1. The largest absolute Gasteiger partial charge is 0.334 e. The Labute approximate surface area is 130 Å². The molecule has 0 heterocycles. The Morgan fingerprint density at radius 1 is 1.40 bits per heavy atom. The fourth-order valence-corrected chi connectivity index (χ4v) is 2.67. The molecular weight excluding hydrogens is 290 g/mol. The number of hydrogen-bond acceptors (Lipinski definition) is 2. The van der Waals surface area contributed by atoms with Crippen molar-refractivity contribution in [3.8, 4) is 0 Å². The molecule has 0 spiro atoms. The van der Waals surface area contributed by atoms with Crippen molar-refractivity contribution in [1.29, 1.82) is 0 Å². The molecule has 1 atom stereocenters. The van der Waals surface area contributed by atoms with E-state index < -0.39 is 0 Å². The summed E-state index contributed by atoms with van der Waals surface area (Å²) in [6, 6.07) is 7.58. The van der Waals surface area contributed by atoms with Crippen LogP contribution in [0.25, 0.3) is 0 Å². The number of benzene rings is 1. The minimum atomic E-state index is -0.101. The van der Waals surface area contributed by atoms with Gasteiger partial charge in [-0.25, -0.2) is 0 Å². The molecule has 0 radical (unpaired) electrons. The first-order valence-electron chi connectivity index (χ1n) is 6.45. The van der Waals surface area contributed by atoms with E-state index in [4.69, 9.17) is 11.6 Å². The normalized spacial score (nSPS) is 11.7. The lowest BCUT2D eigenvalue weighted by Crippen LogP contribution is -2.36. The maximum absolute atomic E-state index is 12.4. The highest BCUT2D eigenvalue weighted by Gasteiger charge is 2.20. The average molecular weight is 310 g/mol. The molecule has 0 aliphatic rings. The van der Waals surface area contributed by atoms with E-state index in [1.165, 1.54) is 0 Å². The number of rotatable bonds is 8. The summed E-state index contributed by atoms with van der Waals surface area (Å²) in [6.07, 6.45) is 3.54. The van der Waals surface area contributed by atoms with E-state index in [1.807, 2.05) is 31.2 Å². The molecule has 4 heteroatoms. The topological polar surface area (TPSA) is 20.3 Å². The quantitative estimate of drug-likeness (QED) is 0.672. The SMILES string of the molecule is C=CCS[C@H](C)C(=O)N(CC=C)Cc1ccccc1Cl. The Kier molecular flexibility index (Phi) is 7.48. The van der Waals surface area contributed by atoms with Crippen molar-refractivity contribution in [2.75, 3.05) is 12.3 Å². The summed E-state index contributed by atoms with van der Waals surface area (Å²) >= 11 is 7.73. The summed E-state index contributed by atoms with van der Waals surface area (Å²) in [6.45, 7) is 10.3. The van der Waals surface area contributed by atoms with Crippen LogP contribution in [0.4, 0.5) is 0 Å². The molecule has 0 bridgehead atoms. The van der Waals surface area contributed by atoms with Crippen LogP contribution in [0, 0.1) is 0 Å². The predicted octanol–water partition coefficient (Wildman–Crippen LogP) is 4.16. The van der Waals surface area contributed by atoms with Crippen molar-refractivity contribution in [1.82, 2.24) is 4.90 Å². The van der Waals surface area contributed by atoms with Crippen molar-refractivity contribution in [2.45, 2.75) is 18.7 Å². The first kappa shape index (κ1) is 16.9. The van der Waals surface area contributed by atoms with Gasteiger partial charge in [-0.05, 0) is 18.6 Å². The minimum Gasteiger partial charge on any atom is -0.334 e. The van der Waals surface area contributed by atoms with Gasteiger partial charge < -0.3 is 4.90 Å². The van der Waals surface area contributed by atoms with Crippen LogP contribution in [0.1, 0.15) is 12.5 Å². The average Bonchev–Trinajstić information content (AvgIpc) is 2.45. The van der Waals surface area contributed by atoms with Gasteiger partial charge >= 0.3 is 0 Å². The molecule has 0 aliphatic carbocycles. The number of amides is 1. The van der Waals surface area contributed by atoms with Crippen LogP contribution in [-0.4, -0.2) is 28.4 Å². The van der Waals surface area contributed by atoms with Gasteiger partial charge in [-0.15, -0.1) is 24.9 Å². The first-order chi connectivity index (χ1) is 9.60. The smallest absolute Gasteiger partial charge is 0.235 e. The van der Waals surface area contributed by atoms with E-state index in [0.717, 1.165) is 11.3 Å². The maximum Gasteiger partial charge on any atom is 0.235 e. The Balaban J connectivity index is 2.78. The van der Waals surface area contributed by atoms with Gasteiger partial charge in [-0.1, -0.05) is 42.0 Å². The summed E-state index contributed by atoms with van der Waals surface area (Å²) < 4.78 is 0. The Morgan fingerprint density at radius 2 is 2.10 bits per heavy atom. The molecule has 0 fully saturated rings. The lowest BCUT2D eigenvalue weighted by atomic mass is 10.2. The number of halogens is 1. The van der Waals surface area contributed by atoms with E-state index >= 15 is 0 Å². The number of hydrogen-bond donors (Lipinski definition) is 0. The van der Waals surface area contributed by atoms with Crippen LogP contribution in [0.15, 0.2) is 49.6 Å². The molecule has 1 aromatic rings. The van der Waals surface area contributed by atoms with Gasteiger partial charge in [0, 0.05) is 23.9 Å². The molecule has 0 N–H and O–H groups in total. The number of carbonyl (C=O) groups is 1. The second-order valence-electron chi connectivity index (χ2n) is 4.36. The second kappa shape index (κ2) is 8.88. The molecule has 0 saturated heterocycles. The van der Waals surface area contributed by atoms with E-state index in [9.17, 15) is 4.79 Å². The van der Waals surface area contributed by atoms with Crippen molar-refractivity contribution in [2.24, 2.45) is 0 Å². The fraction of sp³-hybridized carbons (Fsp3) is 0.312. The molecule has 0 saturated carbocycles. The highest BCUT2D eigenvalue weighted by Crippen LogP contribution is 2.20. The summed E-state index contributed by atoms with van der Waals surface area (Å²) in [5.74, 6) is 0.859. The molecule has 2 nitrogen and oxygen atoms in total. The van der Waals surface area contributed by atoms with Crippen LogP contribution < -0.4 is 0 Å². The standard InChI is InChI=1S/C16H20ClNOS/c1-4-10-18(16(19)13(3)20-11-5-2)12-14-8-6-7-9-15(14)17/h4-9,13H,1-2,10-12H2,3H3/t13-/m1/s1. The van der Waals surface area contributed by atoms with Crippen LogP contribution in [0.5, 0.6) is 0 Å². The Bertz CT molecular complexity index is 475. The maximum atomic E-state index is 12.4. The molecule has 108 valence electrons. The van der Waals surface area contributed by atoms with E-state index in [0.29, 0.717) is 18.1 Å². The van der Waals surface area contributed by atoms with Crippen LogP contribution in [0.2, 0.25) is 5.02 Å². The van der Waals surface area contributed by atoms with Gasteiger partial charge in [-0.3, -0.25) is 4.79 Å². The zero-order valence-electron chi connectivity index (χ0n) is 11.7. The Morgan fingerprint density at radius 3 is 2.70 bits per heavy atom. The molecule has 0 aromatic heterocycles. The van der Waals surface area contributed by atoms with Gasteiger partial charge in [0.25, 0.3) is 0 Å². The summed E-state index contributed by atoms with van der Waals surface area (Å²) in [5.41, 5.74) is 0.949. The lowest BCUT2D eigenvalue weighted by molar-refractivity contribution is -0.130. The molecule has 0 unspecified atom stereocenters. The van der Waals surface area contributed by atoms with E-state index in [-0.39, 0.29) is 11.2 Å². The Hall–Kier alpha value is -1.19. The highest BCUT2D eigenvalue weighted by atomic mass is 35.5. The molecule has 1 aromatic carbocycles. The molecule has 1 amide bonds. The zero-order valence-corrected chi connectivity index (χ0v) is 13.3. The van der Waals surface area contributed by atoms with Crippen LogP contribution in [0.3, 0.4) is 0 Å². The van der Waals surface area contributed by atoms with Crippen molar-refractivity contribution in [3.63, 3.8) is 0 Å².